The molecule has 0 bridgehead atoms. The van der Waals surface area contributed by atoms with Crippen LogP contribution in [-0.2, 0) is 0 Å². The molecule has 0 amide bonds. The molecule has 3 N–H and O–H groups in total. The van der Waals surface area contributed by atoms with Crippen LogP contribution in [0.2, 0.25) is 0 Å². The molecule has 2 aliphatic rings. The van der Waals surface area contributed by atoms with Gasteiger partial charge < -0.3 is 20.9 Å². The summed E-state index contributed by atoms with van der Waals surface area (Å²) in [5.41, 5.74) is 4.96. The Kier molecular flexibility index (Phi) is 7.05. The van der Waals surface area contributed by atoms with Crippen LogP contribution < -0.4 is 16.0 Å². The van der Waals surface area contributed by atoms with Crippen LogP contribution in [0.15, 0.2) is 83.2 Å². The molecule has 7 heteroatoms. The molecule has 1 aromatic carbocycles. The second-order valence-corrected chi connectivity index (χ2v) is 9.06. The van der Waals surface area contributed by atoms with Gasteiger partial charge in [0.15, 0.2) is 0 Å². The molecule has 0 aliphatic carbocycles. The number of aromatic nitrogens is 1. The number of fused-ring (bicyclic) bond motifs is 1. The molecule has 1 aromatic heterocycles. The highest BCUT2D eigenvalue weighted by atomic mass is 19.1. The highest BCUT2D eigenvalue weighted by molar-refractivity contribution is 6.13. The van der Waals surface area contributed by atoms with E-state index in [-0.39, 0.29) is 5.82 Å². The summed E-state index contributed by atoms with van der Waals surface area (Å²) in [6.07, 6.45) is 7.42. The third kappa shape index (κ3) is 5.29. The van der Waals surface area contributed by atoms with E-state index in [2.05, 4.69) is 57.8 Å². The summed E-state index contributed by atoms with van der Waals surface area (Å²) in [4.78, 5) is 11.1. The maximum atomic E-state index is 15.2. The molecule has 3 heterocycles. The fourth-order valence-corrected chi connectivity index (χ4v) is 4.38. The van der Waals surface area contributed by atoms with E-state index in [4.69, 9.17) is 0 Å². The van der Waals surface area contributed by atoms with Crippen molar-refractivity contribution < 1.29 is 4.39 Å². The van der Waals surface area contributed by atoms with E-state index >= 15 is 4.39 Å². The number of hydrogen-bond acceptors (Lipinski definition) is 6. The first kappa shape index (κ1) is 24.3. The lowest BCUT2D eigenvalue weighted by molar-refractivity contribution is 0.330. The summed E-state index contributed by atoms with van der Waals surface area (Å²) < 4.78 is 15.2. The maximum Gasteiger partial charge on any atom is 0.131 e. The molecule has 0 spiro atoms. The first-order chi connectivity index (χ1) is 16.8. The lowest BCUT2D eigenvalue weighted by Crippen LogP contribution is -2.26. The third-order valence-corrected chi connectivity index (χ3v) is 6.22. The Balaban J connectivity index is 1.63. The second kappa shape index (κ2) is 10.2. The van der Waals surface area contributed by atoms with Crippen molar-refractivity contribution in [2.24, 2.45) is 4.99 Å². The number of benzene rings is 1. The molecule has 1 saturated heterocycles. The highest BCUT2D eigenvalue weighted by Gasteiger charge is 2.21. The number of nitrogens with one attached hydrogen (secondary N) is 3. The standard InChI is InChI=1S/C28H33FN6/c1-7-27-19(5)25(15-30-8-9-31-27)24-11-21-13-28(32-14-22(21)12-26(24)29)33-18(4)10-23-16-35(17(2)3)20(6)34-23/h7,10-15,17,31,34H,4,6,8-9,16H2,1-3,5H3,(H,32,33)/b23-10-,25-19?,27-7-,30-15?. The minimum atomic E-state index is -0.298. The van der Waals surface area contributed by atoms with Crippen LogP contribution in [0.25, 0.3) is 16.3 Å². The quantitative estimate of drug-likeness (QED) is 0.550. The normalized spacial score (nSPS) is 18.8. The Morgan fingerprint density at radius 3 is 2.77 bits per heavy atom. The minimum Gasteiger partial charge on any atom is -0.383 e. The van der Waals surface area contributed by atoms with Gasteiger partial charge in [-0.2, -0.15) is 0 Å². The Hall–Kier alpha value is -3.87. The van der Waals surface area contributed by atoms with Crippen molar-refractivity contribution in [3.63, 3.8) is 0 Å². The topological polar surface area (TPSA) is 64.6 Å². The molecule has 182 valence electrons. The summed E-state index contributed by atoms with van der Waals surface area (Å²) in [7, 11) is 0. The number of halogens is 1. The minimum absolute atomic E-state index is 0.298. The highest BCUT2D eigenvalue weighted by Crippen LogP contribution is 2.29. The van der Waals surface area contributed by atoms with Gasteiger partial charge in [0.2, 0.25) is 0 Å². The summed E-state index contributed by atoms with van der Waals surface area (Å²) in [5.74, 6) is 1.23. The second-order valence-electron chi connectivity index (χ2n) is 9.06. The van der Waals surface area contributed by atoms with Crippen LogP contribution in [0.4, 0.5) is 10.2 Å². The van der Waals surface area contributed by atoms with E-state index in [1.807, 2.05) is 38.1 Å². The van der Waals surface area contributed by atoms with Crippen LogP contribution >= 0.6 is 0 Å². The predicted octanol–water partition coefficient (Wildman–Crippen LogP) is 5.32. The van der Waals surface area contributed by atoms with E-state index < -0.39 is 0 Å². The molecule has 0 unspecified atom stereocenters. The van der Waals surface area contributed by atoms with Crippen molar-refractivity contribution in [2.75, 3.05) is 25.0 Å². The summed E-state index contributed by atoms with van der Waals surface area (Å²) in [6.45, 7) is 18.6. The zero-order valence-corrected chi connectivity index (χ0v) is 20.9. The smallest absolute Gasteiger partial charge is 0.131 e. The third-order valence-electron chi connectivity index (χ3n) is 6.22. The van der Waals surface area contributed by atoms with E-state index in [0.29, 0.717) is 29.7 Å². The van der Waals surface area contributed by atoms with Crippen LogP contribution in [0.5, 0.6) is 0 Å². The SMILES string of the molecule is C=C(/C=C1/CN(C(C)C)C(=C)N1)Nc1cc2cc(C3=C(C)/C(=C/C)NCCN=C3)c(F)cc2cn1. The monoisotopic (exact) mass is 472 g/mol. The van der Waals surface area contributed by atoms with Crippen LogP contribution in [0.1, 0.15) is 33.3 Å². The largest absolute Gasteiger partial charge is 0.383 e. The Morgan fingerprint density at radius 2 is 2.06 bits per heavy atom. The molecule has 35 heavy (non-hydrogen) atoms. The molecule has 0 atom stereocenters. The van der Waals surface area contributed by atoms with E-state index in [1.165, 1.54) is 6.07 Å². The zero-order valence-electron chi connectivity index (χ0n) is 20.9. The molecular weight excluding hydrogens is 439 g/mol. The van der Waals surface area contributed by atoms with Crippen LogP contribution in [0.3, 0.4) is 0 Å². The fourth-order valence-electron chi connectivity index (χ4n) is 4.38. The molecule has 2 aliphatic heterocycles. The average Bonchev–Trinajstić information content (AvgIpc) is 3.17. The van der Waals surface area contributed by atoms with E-state index in [1.54, 1.807) is 12.4 Å². The first-order valence-corrected chi connectivity index (χ1v) is 11.9. The van der Waals surface area contributed by atoms with Gasteiger partial charge in [0.05, 0.1) is 18.9 Å². The van der Waals surface area contributed by atoms with Gasteiger partial charge in [-0.25, -0.2) is 9.37 Å². The number of nitrogens with zero attached hydrogens (tertiary/aromatic N) is 3. The molecule has 0 radical (unpaired) electrons. The Morgan fingerprint density at radius 1 is 1.26 bits per heavy atom. The van der Waals surface area contributed by atoms with Crippen LogP contribution in [0, 0.1) is 5.82 Å². The fraction of sp³-hybridized carbons (Fsp3) is 0.286. The van der Waals surface area contributed by atoms with Crippen molar-refractivity contribution in [2.45, 2.75) is 33.7 Å². The van der Waals surface area contributed by atoms with Gasteiger partial charge >= 0.3 is 0 Å². The molecule has 4 rings (SSSR count). The predicted molar refractivity (Wildman–Crippen MR) is 144 cm³/mol. The van der Waals surface area contributed by atoms with Gasteiger partial charge in [0.25, 0.3) is 0 Å². The Labute approximate surface area is 206 Å². The van der Waals surface area contributed by atoms with Crippen molar-refractivity contribution in [3.05, 3.63) is 89.6 Å². The van der Waals surface area contributed by atoms with Gasteiger partial charge in [0, 0.05) is 58.6 Å². The van der Waals surface area contributed by atoms with E-state index in [9.17, 15) is 0 Å². The molecule has 1 fully saturated rings. The number of hydrogen-bond donors (Lipinski definition) is 3. The van der Waals surface area contributed by atoms with Gasteiger partial charge in [0.1, 0.15) is 11.6 Å². The zero-order chi connectivity index (χ0) is 25.1. The Bertz CT molecular complexity index is 1300. The van der Waals surface area contributed by atoms with Gasteiger partial charge in [-0.05, 0) is 62.9 Å². The average molecular weight is 473 g/mol. The van der Waals surface area contributed by atoms with Crippen LogP contribution in [-0.4, -0.2) is 41.8 Å². The van der Waals surface area contributed by atoms with Gasteiger partial charge in [-0.15, -0.1) is 0 Å². The lowest BCUT2D eigenvalue weighted by atomic mass is 9.96. The number of rotatable bonds is 5. The van der Waals surface area contributed by atoms with Crippen molar-refractivity contribution in [3.8, 4) is 0 Å². The summed E-state index contributed by atoms with van der Waals surface area (Å²) >= 11 is 0. The van der Waals surface area contributed by atoms with Crippen molar-refractivity contribution in [1.82, 2.24) is 20.5 Å². The van der Waals surface area contributed by atoms with Crippen molar-refractivity contribution in [1.29, 1.82) is 0 Å². The molecule has 2 aromatic rings. The molecule has 0 saturated carbocycles. The number of aliphatic imine (C=N–C) groups is 1. The van der Waals surface area contributed by atoms with Gasteiger partial charge in [-0.3, -0.25) is 4.99 Å². The van der Waals surface area contributed by atoms with Crippen molar-refractivity contribution >= 4 is 28.4 Å². The first-order valence-electron chi connectivity index (χ1n) is 11.9. The number of anilines is 1. The van der Waals surface area contributed by atoms with Gasteiger partial charge in [-0.1, -0.05) is 19.2 Å². The lowest BCUT2D eigenvalue weighted by Gasteiger charge is -2.21. The number of pyridine rings is 1. The molecule has 6 nitrogen and oxygen atoms in total. The summed E-state index contributed by atoms with van der Waals surface area (Å²) in [6, 6.07) is 5.66. The number of allylic oxidation sites excluding steroid dienone is 4. The van der Waals surface area contributed by atoms with E-state index in [0.717, 1.165) is 52.2 Å². The summed E-state index contributed by atoms with van der Waals surface area (Å²) in [5, 5.41) is 11.5. The molecular formula is C28H33FN6. The maximum absolute atomic E-state index is 15.2.